The number of ether oxygens (including phenoxy) is 1. The van der Waals surface area contributed by atoms with Crippen LogP contribution in [-0.2, 0) is 41.9 Å². The second kappa shape index (κ2) is 18.7. The zero-order valence-electron chi connectivity index (χ0n) is 28.4. The lowest BCUT2D eigenvalue weighted by atomic mass is 9.93. The Labute approximate surface area is 291 Å². The molecule has 4 amide bonds. The van der Waals surface area contributed by atoms with E-state index in [4.69, 9.17) is 9.15 Å². The number of hydrogen-bond acceptors (Lipinski definition) is 9. The van der Waals surface area contributed by atoms with Gasteiger partial charge < -0.3 is 35.1 Å². The number of thiazole rings is 1. The maximum absolute atomic E-state index is 13.8. The minimum Gasteiger partial charge on any atom is -0.449 e. The van der Waals surface area contributed by atoms with Gasteiger partial charge in [0.25, 0.3) is 0 Å². The fourth-order valence-electron chi connectivity index (χ4n) is 5.31. The molecule has 2 heterocycles. The highest BCUT2D eigenvalue weighted by atomic mass is 32.1. The number of carbonyl (C=O) groups excluding carboxylic acids is 3. The number of urea groups is 1. The molecule has 49 heavy (non-hydrogen) atoms. The quantitative estimate of drug-likeness (QED) is 0.122. The maximum atomic E-state index is 13.8. The number of oxazole rings is 1. The van der Waals surface area contributed by atoms with Crippen LogP contribution in [-0.4, -0.2) is 69.3 Å². The van der Waals surface area contributed by atoms with Crippen LogP contribution in [0.1, 0.15) is 54.8 Å². The lowest BCUT2D eigenvalue weighted by molar-refractivity contribution is -0.124. The fourth-order valence-corrected chi connectivity index (χ4v) is 5.82. The first-order valence-electron chi connectivity index (χ1n) is 16.4. The number of benzene rings is 2. The Morgan fingerprint density at radius 2 is 1.65 bits per heavy atom. The van der Waals surface area contributed by atoms with Crippen LogP contribution in [0.4, 0.5) is 9.59 Å². The lowest BCUT2D eigenvalue weighted by Gasteiger charge is -2.30. The molecule has 0 aliphatic rings. The molecule has 4 rings (SSSR count). The summed E-state index contributed by atoms with van der Waals surface area (Å²) in [6, 6.07) is 16.6. The maximum Gasteiger partial charge on any atom is 0.407 e. The summed E-state index contributed by atoms with van der Waals surface area (Å²) in [4.78, 5) is 50.5. The van der Waals surface area contributed by atoms with E-state index in [-0.39, 0.29) is 31.4 Å². The van der Waals surface area contributed by atoms with Crippen LogP contribution in [0, 0.1) is 5.92 Å². The predicted octanol–water partition coefficient (Wildman–Crippen LogP) is 4.88. The van der Waals surface area contributed by atoms with Crippen LogP contribution in [0.25, 0.3) is 0 Å². The number of aliphatic hydroxyl groups is 1. The second-order valence-corrected chi connectivity index (χ2v) is 13.3. The molecule has 1 unspecified atom stereocenters. The van der Waals surface area contributed by atoms with Gasteiger partial charge in [-0.05, 0) is 36.3 Å². The first-order valence-corrected chi connectivity index (χ1v) is 17.3. The van der Waals surface area contributed by atoms with Crippen molar-refractivity contribution >= 4 is 29.4 Å². The second-order valence-electron chi connectivity index (χ2n) is 12.3. The van der Waals surface area contributed by atoms with Crippen LogP contribution >= 0.6 is 11.3 Å². The molecular weight excluding hydrogens is 644 g/mol. The molecule has 2 aromatic carbocycles. The molecule has 4 N–H and O–H groups in total. The van der Waals surface area contributed by atoms with Gasteiger partial charge in [-0.3, -0.25) is 9.78 Å². The molecule has 12 nitrogen and oxygen atoms in total. The smallest absolute Gasteiger partial charge is 0.407 e. The van der Waals surface area contributed by atoms with Crippen LogP contribution in [0.3, 0.4) is 0 Å². The van der Waals surface area contributed by atoms with Crippen molar-refractivity contribution in [3.05, 3.63) is 106 Å². The van der Waals surface area contributed by atoms with E-state index in [0.29, 0.717) is 30.8 Å². The Morgan fingerprint density at radius 1 is 0.980 bits per heavy atom. The van der Waals surface area contributed by atoms with Gasteiger partial charge in [-0.25, -0.2) is 14.6 Å². The average molecular weight is 691 g/mol. The number of amides is 4. The Hall–Kier alpha value is -4.75. The molecule has 0 saturated carbocycles. The first-order chi connectivity index (χ1) is 23.6. The number of aryl methyl sites for hydroxylation is 1. The molecule has 0 saturated heterocycles. The third-order valence-corrected chi connectivity index (χ3v) is 8.72. The Bertz CT molecular complexity index is 1580. The normalized spacial score (nSPS) is 13.6. The van der Waals surface area contributed by atoms with E-state index in [9.17, 15) is 19.5 Å². The third kappa shape index (κ3) is 12.0. The number of aliphatic hydroxyl groups excluding tert-OH is 1. The van der Waals surface area contributed by atoms with Crippen LogP contribution in [0.15, 0.2) is 83.1 Å². The molecule has 0 spiro atoms. The number of nitrogens with zero attached hydrogens (tertiary/aromatic N) is 3. The summed E-state index contributed by atoms with van der Waals surface area (Å²) in [5, 5.41) is 20.4. The van der Waals surface area contributed by atoms with Crippen molar-refractivity contribution < 1.29 is 28.6 Å². The number of aromatic nitrogens is 2. The van der Waals surface area contributed by atoms with Crippen molar-refractivity contribution in [1.82, 2.24) is 30.8 Å². The monoisotopic (exact) mass is 690 g/mol. The highest BCUT2D eigenvalue weighted by molar-refractivity contribution is 7.09. The molecule has 2 aromatic heterocycles. The van der Waals surface area contributed by atoms with Crippen molar-refractivity contribution in [2.45, 2.75) is 83.8 Å². The first kappa shape index (κ1) is 37.1. The summed E-state index contributed by atoms with van der Waals surface area (Å²) in [5.74, 6) is -0.0285. The van der Waals surface area contributed by atoms with Crippen molar-refractivity contribution in [2.24, 2.45) is 5.92 Å². The molecule has 4 atom stereocenters. The number of alkyl carbamates (subject to hydrolysis) is 1. The SMILES string of the molecule is CCc1nc(CN(C)C(=O)NC(C(=O)N[C@@H](Cc2ccccc2)C[C@H](O)[C@H](Cc2ccccc2)NC(=O)OCc2cncs2)C(C)C)co1. The Balaban J connectivity index is 1.47. The Kier molecular flexibility index (Phi) is 14.2. The molecule has 0 aliphatic heterocycles. The number of carbonyl (C=O) groups is 3. The molecule has 4 aromatic rings. The van der Waals surface area contributed by atoms with Crippen molar-refractivity contribution in [3.8, 4) is 0 Å². The van der Waals surface area contributed by atoms with E-state index in [1.165, 1.54) is 22.5 Å². The highest BCUT2D eigenvalue weighted by Gasteiger charge is 2.31. The molecule has 0 fully saturated rings. The summed E-state index contributed by atoms with van der Waals surface area (Å²) < 4.78 is 10.8. The average Bonchev–Trinajstić information content (AvgIpc) is 3.79. The van der Waals surface area contributed by atoms with Crippen molar-refractivity contribution in [1.29, 1.82) is 0 Å². The number of rotatable bonds is 17. The standard InChI is InChI=1S/C36H46N6O6S/c1-5-32-38-28(21-47-32)20-42(4)35(45)41-33(24(2)3)34(44)39-27(16-25-12-8-6-9-13-25)18-31(43)30(17-26-14-10-7-11-15-26)40-36(46)48-22-29-19-37-23-49-29/h6-15,19,21,23-24,27,30-31,33,43H,5,16-18,20,22H2,1-4H3,(H,39,44)(H,40,46)(H,41,45)/t27-,30-,31-,33?/m0/s1. The third-order valence-electron chi connectivity index (χ3n) is 7.97. The van der Waals surface area contributed by atoms with Gasteiger partial charge in [0.2, 0.25) is 5.91 Å². The van der Waals surface area contributed by atoms with Crippen LogP contribution in [0.2, 0.25) is 0 Å². The van der Waals surface area contributed by atoms with E-state index in [2.05, 4.69) is 25.9 Å². The summed E-state index contributed by atoms with van der Waals surface area (Å²) >= 11 is 1.38. The summed E-state index contributed by atoms with van der Waals surface area (Å²) in [6.45, 7) is 5.92. The summed E-state index contributed by atoms with van der Waals surface area (Å²) in [7, 11) is 1.63. The van der Waals surface area contributed by atoms with E-state index in [1.54, 1.807) is 18.8 Å². The molecule has 0 radical (unpaired) electrons. The minimum absolute atomic E-state index is 0.0627. The van der Waals surface area contributed by atoms with Crippen molar-refractivity contribution in [2.75, 3.05) is 7.05 Å². The molecule has 262 valence electrons. The van der Waals surface area contributed by atoms with Gasteiger partial charge in [0, 0.05) is 25.7 Å². The fraction of sp³-hybridized carbons (Fsp3) is 0.417. The van der Waals surface area contributed by atoms with E-state index < -0.39 is 36.4 Å². The molecule has 13 heteroatoms. The van der Waals surface area contributed by atoms with Gasteiger partial charge in [0.1, 0.15) is 18.9 Å². The van der Waals surface area contributed by atoms with Crippen LogP contribution in [0.5, 0.6) is 0 Å². The number of nitrogens with one attached hydrogen (secondary N) is 3. The summed E-state index contributed by atoms with van der Waals surface area (Å²) in [5.41, 5.74) is 4.15. The van der Waals surface area contributed by atoms with Gasteiger partial charge in [0.05, 0.1) is 34.8 Å². The Morgan fingerprint density at radius 3 is 2.24 bits per heavy atom. The van der Waals surface area contributed by atoms with Gasteiger partial charge >= 0.3 is 12.1 Å². The van der Waals surface area contributed by atoms with E-state index in [0.717, 1.165) is 16.0 Å². The molecular formula is C36H46N6O6S. The van der Waals surface area contributed by atoms with Gasteiger partial charge in [-0.15, -0.1) is 11.3 Å². The summed E-state index contributed by atoms with van der Waals surface area (Å²) in [6.07, 6.45) is 2.96. The van der Waals surface area contributed by atoms with Gasteiger partial charge in [0.15, 0.2) is 5.89 Å². The van der Waals surface area contributed by atoms with Gasteiger partial charge in [-0.2, -0.15) is 0 Å². The number of hydrogen-bond donors (Lipinski definition) is 4. The lowest BCUT2D eigenvalue weighted by Crippen LogP contribution is -2.55. The highest BCUT2D eigenvalue weighted by Crippen LogP contribution is 2.16. The predicted molar refractivity (Wildman–Crippen MR) is 187 cm³/mol. The minimum atomic E-state index is -1.06. The zero-order chi connectivity index (χ0) is 35.2. The zero-order valence-corrected chi connectivity index (χ0v) is 29.2. The van der Waals surface area contributed by atoms with Crippen molar-refractivity contribution in [3.63, 3.8) is 0 Å². The molecule has 0 aliphatic carbocycles. The van der Waals surface area contributed by atoms with E-state index in [1.807, 2.05) is 81.4 Å². The largest absolute Gasteiger partial charge is 0.449 e. The van der Waals surface area contributed by atoms with E-state index >= 15 is 0 Å². The van der Waals surface area contributed by atoms with Crippen LogP contribution < -0.4 is 16.0 Å². The van der Waals surface area contributed by atoms with Gasteiger partial charge in [-0.1, -0.05) is 81.4 Å². The topological polar surface area (TPSA) is 159 Å². The molecule has 0 bridgehead atoms.